The van der Waals surface area contributed by atoms with Crippen molar-refractivity contribution in [2.45, 2.75) is 25.8 Å². The van der Waals surface area contributed by atoms with Gasteiger partial charge in [0.05, 0.1) is 16.2 Å². The summed E-state index contributed by atoms with van der Waals surface area (Å²) in [6.07, 6.45) is 7.29. The molecular formula is C20H22IN5O. The summed E-state index contributed by atoms with van der Waals surface area (Å²) in [5.74, 6) is 2.48. The molecule has 1 N–H and O–H groups in total. The Morgan fingerprint density at radius 2 is 1.89 bits per heavy atom. The standard InChI is InChI=1S/C20H22IN5O/c1-27-18-11-15-17(12-16(18)21)24-20(26-9-3-2-4-10-26)25-19(15)23-13-14-5-7-22-8-6-14/h5-8,11-12H,2-4,9-10,13H2,1H3,(H,23,24,25). The summed E-state index contributed by atoms with van der Waals surface area (Å²) in [5, 5.41) is 4.46. The number of hydrogen-bond donors (Lipinski definition) is 1. The summed E-state index contributed by atoms with van der Waals surface area (Å²) < 4.78 is 6.56. The Labute approximate surface area is 172 Å². The summed E-state index contributed by atoms with van der Waals surface area (Å²) in [6, 6.07) is 8.10. The maximum atomic E-state index is 5.51. The lowest BCUT2D eigenvalue weighted by atomic mass is 10.1. The topological polar surface area (TPSA) is 63.2 Å². The number of hydrogen-bond acceptors (Lipinski definition) is 6. The molecule has 0 saturated carbocycles. The lowest BCUT2D eigenvalue weighted by Gasteiger charge is -2.27. The van der Waals surface area contributed by atoms with Gasteiger partial charge in [-0.25, -0.2) is 4.98 Å². The van der Waals surface area contributed by atoms with Gasteiger partial charge in [-0.3, -0.25) is 4.98 Å². The maximum absolute atomic E-state index is 5.51. The Hall–Kier alpha value is -2.16. The smallest absolute Gasteiger partial charge is 0.227 e. The average molecular weight is 475 g/mol. The number of anilines is 2. The minimum Gasteiger partial charge on any atom is -0.496 e. The summed E-state index contributed by atoms with van der Waals surface area (Å²) in [7, 11) is 1.69. The first-order valence-electron chi connectivity index (χ1n) is 9.17. The van der Waals surface area contributed by atoms with E-state index in [9.17, 15) is 0 Å². The Bertz CT molecular complexity index is 929. The summed E-state index contributed by atoms with van der Waals surface area (Å²) in [4.78, 5) is 16.1. The van der Waals surface area contributed by atoms with Crippen molar-refractivity contribution in [3.05, 3.63) is 45.8 Å². The number of fused-ring (bicyclic) bond motifs is 1. The number of nitrogens with zero attached hydrogens (tertiary/aromatic N) is 4. The van der Waals surface area contributed by atoms with Crippen LogP contribution in [0.15, 0.2) is 36.7 Å². The minimum atomic E-state index is 0.683. The molecule has 0 radical (unpaired) electrons. The zero-order valence-corrected chi connectivity index (χ0v) is 17.4. The lowest BCUT2D eigenvalue weighted by Crippen LogP contribution is -2.31. The van der Waals surface area contributed by atoms with Crippen molar-refractivity contribution in [2.24, 2.45) is 0 Å². The first-order valence-corrected chi connectivity index (χ1v) is 10.3. The van der Waals surface area contributed by atoms with Crippen LogP contribution in [0.5, 0.6) is 5.75 Å². The second-order valence-corrected chi connectivity index (χ2v) is 7.80. The fourth-order valence-corrected chi connectivity index (χ4v) is 4.00. The van der Waals surface area contributed by atoms with Gasteiger partial charge < -0.3 is 15.0 Å². The van der Waals surface area contributed by atoms with Crippen molar-refractivity contribution in [1.29, 1.82) is 0 Å². The van der Waals surface area contributed by atoms with E-state index in [1.54, 1.807) is 19.5 Å². The molecule has 1 aliphatic heterocycles. The fourth-order valence-electron chi connectivity index (χ4n) is 3.33. The third kappa shape index (κ3) is 4.07. The number of rotatable bonds is 5. The Morgan fingerprint density at radius 1 is 1.11 bits per heavy atom. The molecule has 0 unspecified atom stereocenters. The van der Waals surface area contributed by atoms with Crippen LogP contribution in [-0.2, 0) is 6.54 Å². The maximum Gasteiger partial charge on any atom is 0.227 e. The molecule has 1 aliphatic rings. The van der Waals surface area contributed by atoms with E-state index in [4.69, 9.17) is 14.7 Å². The Morgan fingerprint density at radius 3 is 2.63 bits per heavy atom. The van der Waals surface area contributed by atoms with E-state index in [1.165, 1.54) is 19.3 Å². The molecular weight excluding hydrogens is 453 g/mol. The zero-order chi connectivity index (χ0) is 18.6. The van der Waals surface area contributed by atoms with Crippen LogP contribution < -0.4 is 15.0 Å². The fraction of sp³-hybridized carbons (Fsp3) is 0.350. The van der Waals surface area contributed by atoms with Crippen LogP contribution >= 0.6 is 22.6 Å². The van der Waals surface area contributed by atoms with Crippen LogP contribution in [0.3, 0.4) is 0 Å². The van der Waals surface area contributed by atoms with Gasteiger partial charge in [-0.15, -0.1) is 0 Å². The van der Waals surface area contributed by atoms with Crippen molar-refractivity contribution in [3.63, 3.8) is 0 Å². The van der Waals surface area contributed by atoms with Gasteiger partial charge in [0.25, 0.3) is 0 Å². The molecule has 0 spiro atoms. The number of aromatic nitrogens is 3. The second-order valence-electron chi connectivity index (χ2n) is 6.63. The highest BCUT2D eigenvalue weighted by Gasteiger charge is 2.17. The number of pyridine rings is 1. The Kier molecular flexibility index (Phi) is 5.56. The molecule has 2 aromatic heterocycles. The Balaban J connectivity index is 1.74. The molecule has 1 saturated heterocycles. The van der Waals surface area contributed by atoms with Gasteiger partial charge in [0.2, 0.25) is 5.95 Å². The largest absolute Gasteiger partial charge is 0.496 e. The van der Waals surface area contributed by atoms with Gasteiger partial charge in [0, 0.05) is 37.4 Å². The van der Waals surface area contributed by atoms with Gasteiger partial charge in [0.15, 0.2) is 0 Å². The van der Waals surface area contributed by atoms with Crippen LogP contribution in [0.1, 0.15) is 24.8 Å². The van der Waals surface area contributed by atoms with Crippen LogP contribution in [0, 0.1) is 3.57 Å². The van der Waals surface area contributed by atoms with Crippen molar-refractivity contribution in [3.8, 4) is 5.75 Å². The first-order chi connectivity index (χ1) is 13.2. The van der Waals surface area contributed by atoms with E-state index in [2.05, 4.69) is 43.9 Å². The predicted octanol–water partition coefficient (Wildman–Crippen LogP) is 4.24. The average Bonchev–Trinajstić information content (AvgIpc) is 2.72. The lowest BCUT2D eigenvalue weighted by molar-refractivity contribution is 0.412. The van der Waals surface area contributed by atoms with Crippen LogP contribution in [0.4, 0.5) is 11.8 Å². The highest BCUT2D eigenvalue weighted by Crippen LogP contribution is 2.32. The molecule has 3 heterocycles. The molecule has 27 heavy (non-hydrogen) atoms. The van der Waals surface area contributed by atoms with E-state index < -0.39 is 0 Å². The number of ether oxygens (including phenoxy) is 1. The van der Waals surface area contributed by atoms with Crippen LogP contribution in [0.25, 0.3) is 10.9 Å². The predicted molar refractivity (Wildman–Crippen MR) is 116 cm³/mol. The van der Waals surface area contributed by atoms with E-state index in [1.807, 2.05) is 18.2 Å². The number of nitrogens with one attached hydrogen (secondary N) is 1. The monoisotopic (exact) mass is 475 g/mol. The molecule has 7 heteroatoms. The van der Waals surface area contributed by atoms with E-state index in [-0.39, 0.29) is 0 Å². The van der Waals surface area contributed by atoms with Gasteiger partial charge in [-0.05, 0) is 71.7 Å². The SMILES string of the molecule is COc1cc2c(NCc3ccncc3)nc(N3CCCCC3)nc2cc1I. The van der Waals surface area contributed by atoms with Gasteiger partial charge in [0.1, 0.15) is 11.6 Å². The van der Waals surface area contributed by atoms with Crippen molar-refractivity contribution in [1.82, 2.24) is 15.0 Å². The molecule has 4 rings (SSSR count). The number of methoxy groups -OCH3 is 1. The van der Waals surface area contributed by atoms with Crippen LogP contribution in [0.2, 0.25) is 0 Å². The third-order valence-corrected chi connectivity index (χ3v) is 5.65. The third-order valence-electron chi connectivity index (χ3n) is 4.81. The number of benzene rings is 1. The molecule has 0 bridgehead atoms. The molecule has 0 atom stereocenters. The number of piperidine rings is 1. The summed E-state index contributed by atoms with van der Waals surface area (Å²) >= 11 is 2.29. The van der Waals surface area contributed by atoms with E-state index in [0.29, 0.717) is 6.54 Å². The van der Waals surface area contributed by atoms with Crippen molar-refractivity contribution in [2.75, 3.05) is 30.4 Å². The summed E-state index contributed by atoms with van der Waals surface area (Å²) in [6.45, 7) is 2.72. The molecule has 0 aliphatic carbocycles. The quantitative estimate of drug-likeness (QED) is 0.558. The normalized spacial score (nSPS) is 14.4. The molecule has 3 aromatic rings. The highest BCUT2D eigenvalue weighted by atomic mass is 127. The molecule has 1 aromatic carbocycles. The van der Waals surface area contributed by atoms with E-state index >= 15 is 0 Å². The number of halogens is 1. The molecule has 1 fully saturated rings. The molecule has 6 nitrogen and oxygen atoms in total. The van der Waals surface area contributed by atoms with Crippen LogP contribution in [-0.4, -0.2) is 35.2 Å². The minimum absolute atomic E-state index is 0.683. The summed E-state index contributed by atoms with van der Waals surface area (Å²) in [5.41, 5.74) is 2.10. The van der Waals surface area contributed by atoms with E-state index in [0.717, 1.165) is 50.6 Å². The van der Waals surface area contributed by atoms with Gasteiger partial charge in [-0.2, -0.15) is 4.98 Å². The second kappa shape index (κ2) is 8.24. The molecule has 140 valence electrons. The van der Waals surface area contributed by atoms with Crippen molar-refractivity contribution < 1.29 is 4.74 Å². The zero-order valence-electron chi connectivity index (χ0n) is 15.3. The van der Waals surface area contributed by atoms with Gasteiger partial charge in [-0.1, -0.05) is 0 Å². The highest BCUT2D eigenvalue weighted by molar-refractivity contribution is 14.1. The molecule has 0 amide bonds. The first kappa shape index (κ1) is 18.2. The van der Waals surface area contributed by atoms with Crippen molar-refractivity contribution >= 4 is 45.3 Å². The van der Waals surface area contributed by atoms with Gasteiger partial charge >= 0.3 is 0 Å².